The molecule has 3 rings (SSSR count). The summed E-state index contributed by atoms with van der Waals surface area (Å²) in [5.74, 6) is 0. The number of hydrogen-bond acceptors (Lipinski definition) is 3. The van der Waals surface area contributed by atoms with Gasteiger partial charge in [-0.2, -0.15) is 0 Å². The Labute approximate surface area is 111 Å². The summed E-state index contributed by atoms with van der Waals surface area (Å²) < 4.78 is 7.37. The molecule has 1 atom stereocenters. The van der Waals surface area contributed by atoms with Crippen LogP contribution in [0.1, 0.15) is 18.7 Å². The largest absolute Gasteiger partial charge is 0.356 e. The van der Waals surface area contributed by atoms with E-state index in [2.05, 4.69) is 21.6 Å². The van der Waals surface area contributed by atoms with E-state index in [-0.39, 0.29) is 12.4 Å². The van der Waals surface area contributed by atoms with Gasteiger partial charge in [-0.1, -0.05) is 17.3 Å². The van der Waals surface area contributed by atoms with Gasteiger partial charge in [0.2, 0.25) is 0 Å². The second kappa shape index (κ2) is 5.23. The molecule has 0 aliphatic rings. The number of aromatic nitrogens is 3. The van der Waals surface area contributed by atoms with Crippen LogP contribution in [-0.4, -0.2) is 14.7 Å². The SMILES string of the molecule is CC(Cc1noc2ccccc12)n1ccnc1.Cl. The molecule has 5 heteroatoms. The average molecular weight is 264 g/mol. The molecule has 0 amide bonds. The molecule has 0 saturated heterocycles. The van der Waals surface area contributed by atoms with Crippen LogP contribution in [0.5, 0.6) is 0 Å². The summed E-state index contributed by atoms with van der Waals surface area (Å²) in [5.41, 5.74) is 1.85. The molecule has 2 heterocycles. The predicted octanol–water partition coefficient (Wildman–Crippen LogP) is 3.25. The van der Waals surface area contributed by atoms with Crippen molar-refractivity contribution < 1.29 is 4.52 Å². The number of rotatable bonds is 3. The molecule has 94 valence electrons. The molecule has 0 spiro atoms. The Morgan fingerprint density at radius 2 is 2.17 bits per heavy atom. The fourth-order valence-electron chi connectivity index (χ4n) is 2.00. The van der Waals surface area contributed by atoms with E-state index >= 15 is 0 Å². The van der Waals surface area contributed by atoms with E-state index in [1.807, 2.05) is 36.8 Å². The van der Waals surface area contributed by atoms with Gasteiger partial charge in [0.25, 0.3) is 0 Å². The van der Waals surface area contributed by atoms with Gasteiger partial charge in [0.05, 0.1) is 12.0 Å². The number of imidazole rings is 1. The third-order valence-corrected chi connectivity index (χ3v) is 2.97. The van der Waals surface area contributed by atoms with Gasteiger partial charge in [-0.05, 0) is 19.1 Å². The number of halogens is 1. The molecule has 0 saturated carbocycles. The van der Waals surface area contributed by atoms with Crippen molar-refractivity contribution in [3.8, 4) is 0 Å². The zero-order chi connectivity index (χ0) is 11.7. The van der Waals surface area contributed by atoms with Crippen LogP contribution in [0.25, 0.3) is 11.0 Å². The van der Waals surface area contributed by atoms with Crippen LogP contribution in [0.4, 0.5) is 0 Å². The van der Waals surface area contributed by atoms with E-state index in [4.69, 9.17) is 4.52 Å². The van der Waals surface area contributed by atoms with Crippen molar-refractivity contribution in [1.29, 1.82) is 0 Å². The number of fused-ring (bicyclic) bond motifs is 1. The summed E-state index contributed by atoms with van der Waals surface area (Å²) in [6.07, 6.45) is 6.42. The molecule has 0 radical (unpaired) electrons. The smallest absolute Gasteiger partial charge is 0.167 e. The third kappa shape index (κ3) is 2.24. The Morgan fingerprint density at radius 1 is 1.33 bits per heavy atom. The summed E-state index contributed by atoms with van der Waals surface area (Å²) in [6.45, 7) is 2.14. The highest BCUT2D eigenvalue weighted by Gasteiger charge is 2.12. The number of hydrogen-bond donors (Lipinski definition) is 0. The van der Waals surface area contributed by atoms with Gasteiger partial charge in [0.15, 0.2) is 5.58 Å². The van der Waals surface area contributed by atoms with Crippen molar-refractivity contribution in [2.24, 2.45) is 0 Å². The van der Waals surface area contributed by atoms with Crippen molar-refractivity contribution in [2.45, 2.75) is 19.4 Å². The van der Waals surface area contributed by atoms with Crippen LogP contribution in [0.15, 0.2) is 47.5 Å². The lowest BCUT2D eigenvalue weighted by Gasteiger charge is -2.10. The number of nitrogens with zero attached hydrogens (tertiary/aromatic N) is 3. The van der Waals surface area contributed by atoms with Crippen LogP contribution in [0, 0.1) is 0 Å². The van der Waals surface area contributed by atoms with E-state index in [1.165, 1.54) is 0 Å². The standard InChI is InChI=1S/C13H13N3O.ClH/c1-10(16-7-6-14-9-16)8-12-11-4-2-3-5-13(11)17-15-12;/h2-7,9-10H,8H2,1H3;1H. The molecule has 0 fully saturated rings. The molecule has 18 heavy (non-hydrogen) atoms. The summed E-state index contributed by atoms with van der Waals surface area (Å²) in [7, 11) is 0. The second-order valence-electron chi connectivity index (χ2n) is 4.19. The number of para-hydroxylation sites is 1. The molecule has 4 nitrogen and oxygen atoms in total. The minimum Gasteiger partial charge on any atom is -0.356 e. The van der Waals surface area contributed by atoms with E-state index in [0.29, 0.717) is 6.04 Å². The molecular formula is C13H14ClN3O. The van der Waals surface area contributed by atoms with Crippen LogP contribution in [-0.2, 0) is 6.42 Å². The average Bonchev–Trinajstić information content (AvgIpc) is 2.98. The van der Waals surface area contributed by atoms with E-state index in [1.54, 1.807) is 6.20 Å². The van der Waals surface area contributed by atoms with Crippen LogP contribution in [0.2, 0.25) is 0 Å². The zero-order valence-corrected chi connectivity index (χ0v) is 10.8. The lowest BCUT2D eigenvalue weighted by atomic mass is 10.1. The maximum Gasteiger partial charge on any atom is 0.167 e. The van der Waals surface area contributed by atoms with Gasteiger partial charge in [0, 0.05) is 30.2 Å². The summed E-state index contributed by atoms with van der Waals surface area (Å²) >= 11 is 0. The normalized spacial score (nSPS) is 12.3. The maximum atomic E-state index is 5.29. The molecule has 1 aromatic carbocycles. The van der Waals surface area contributed by atoms with Crippen LogP contribution in [0.3, 0.4) is 0 Å². The summed E-state index contributed by atoms with van der Waals surface area (Å²) in [6, 6.07) is 8.27. The Balaban J connectivity index is 0.00000120. The maximum absolute atomic E-state index is 5.29. The highest BCUT2D eigenvalue weighted by Crippen LogP contribution is 2.21. The van der Waals surface area contributed by atoms with Gasteiger partial charge in [-0.15, -0.1) is 12.4 Å². The van der Waals surface area contributed by atoms with E-state index in [9.17, 15) is 0 Å². The Morgan fingerprint density at radius 3 is 2.94 bits per heavy atom. The first-order valence-corrected chi connectivity index (χ1v) is 5.65. The van der Waals surface area contributed by atoms with Gasteiger partial charge in [-0.25, -0.2) is 4.98 Å². The molecular weight excluding hydrogens is 250 g/mol. The summed E-state index contributed by atoms with van der Waals surface area (Å²) in [5, 5.41) is 5.23. The zero-order valence-electron chi connectivity index (χ0n) is 9.98. The predicted molar refractivity (Wildman–Crippen MR) is 71.9 cm³/mol. The molecule has 2 aromatic heterocycles. The van der Waals surface area contributed by atoms with Crippen molar-refractivity contribution >= 4 is 23.4 Å². The Hall–Kier alpha value is -1.81. The quantitative estimate of drug-likeness (QED) is 0.729. The first-order chi connectivity index (χ1) is 8.34. The second-order valence-corrected chi connectivity index (χ2v) is 4.19. The number of benzene rings is 1. The fraction of sp³-hybridized carbons (Fsp3) is 0.231. The topological polar surface area (TPSA) is 43.9 Å². The minimum atomic E-state index is 0. The van der Waals surface area contributed by atoms with E-state index < -0.39 is 0 Å². The van der Waals surface area contributed by atoms with Gasteiger partial charge in [-0.3, -0.25) is 0 Å². The first kappa shape index (κ1) is 12.6. The lowest BCUT2D eigenvalue weighted by Crippen LogP contribution is -2.06. The van der Waals surface area contributed by atoms with E-state index in [0.717, 1.165) is 23.1 Å². The molecule has 0 aliphatic carbocycles. The third-order valence-electron chi connectivity index (χ3n) is 2.97. The Kier molecular flexibility index (Phi) is 3.67. The van der Waals surface area contributed by atoms with Crippen molar-refractivity contribution in [3.63, 3.8) is 0 Å². The van der Waals surface area contributed by atoms with Crippen molar-refractivity contribution in [2.75, 3.05) is 0 Å². The molecule has 1 unspecified atom stereocenters. The Bertz CT molecular complexity index is 618. The fourth-order valence-corrected chi connectivity index (χ4v) is 2.00. The van der Waals surface area contributed by atoms with Crippen LogP contribution >= 0.6 is 12.4 Å². The van der Waals surface area contributed by atoms with Gasteiger partial charge in [0.1, 0.15) is 0 Å². The first-order valence-electron chi connectivity index (χ1n) is 5.65. The molecule has 0 bridgehead atoms. The highest BCUT2D eigenvalue weighted by molar-refractivity contribution is 5.85. The molecule has 0 N–H and O–H groups in total. The van der Waals surface area contributed by atoms with Gasteiger partial charge < -0.3 is 9.09 Å². The highest BCUT2D eigenvalue weighted by atomic mass is 35.5. The monoisotopic (exact) mass is 263 g/mol. The van der Waals surface area contributed by atoms with Crippen LogP contribution < -0.4 is 0 Å². The summed E-state index contributed by atoms with van der Waals surface area (Å²) in [4.78, 5) is 4.05. The lowest BCUT2D eigenvalue weighted by molar-refractivity contribution is 0.433. The molecule has 3 aromatic rings. The van der Waals surface area contributed by atoms with Gasteiger partial charge >= 0.3 is 0 Å². The molecule has 0 aliphatic heterocycles. The minimum absolute atomic E-state index is 0. The van der Waals surface area contributed by atoms with Crippen molar-refractivity contribution in [3.05, 3.63) is 48.7 Å². The van der Waals surface area contributed by atoms with Crippen molar-refractivity contribution in [1.82, 2.24) is 14.7 Å².